The number of rotatable bonds is 6. The Bertz CT molecular complexity index is 569. The van der Waals surface area contributed by atoms with E-state index < -0.39 is 15.6 Å². The normalized spacial score (nSPS) is 12.1. The standard InChI is InChI=1S/C14H20N2O2S/c1-4-14(3,5-2)16-19(17,18)11-13-9-7-6-8-12(13)10-15/h6-9,16H,4-5,11H2,1-3H3. The maximum atomic E-state index is 12.2. The first-order valence-corrected chi connectivity index (χ1v) is 8.00. The Morgan fingerprint density at radius 3 is 2.37 bits per heavy atom. The fourth-order valence-electron chi connectivity index (χ4n) is 1.77. The van der Waals surface area contributed by atoms with Gasteiger partial charge in [-0.05, 0) is 31.4 Å². The van der Waals surface area contributed by atoms with E-state index in [1.165, 1.54) is 0 Å². The first-order chi connectivity index (χ1) is 8.86. The van der Waals surface area contributed by atoms with Crippen molar-refractivity contribution in [2.24, 2.45) is 0 Å². The maximum absolute atomic E-state index is 12.2. The SMILES string of the molecule is CCC(C)(CC)NS(=O)(=O)Cc1ccccc1C#N. The highest BCUT2D eigenvalue weighted by Crippen LogP contribution is 2.18. The van der Waals surface area contributed by atoms with Crippen LogP contribution >= 0.6 is 0 Å². The van der Waals surface area contributed by atoms with E-state index in [1.807, 2.05) is 26.8 Å². The van der Waals surface area contributed by atoms with Crippen molar-refractivity contribution < 1.29 is 8.42 Å². The Balaban J connectivity index is 2.95. The number of sulfonamides is 1. The summed E-state index contributed by atoms with van der Waals surface area (Å²) in [5.41, 5.74) is 0.509. The van der Waals surface area contributed by atoms with Gasteiger partial charge in [-0.2, -0.15) is 5.26 Å². The molecule has 4 nitrogen and oxygen atoms in total. The molecular weight excluding hydrogens is 260 g/mol. The van der Waals surface area contributed by atoms with Crippen LogP contribution in [0.25, 0.3) is 0 Å². The predicted octanol–water partition coefficient (Wildman–Crippen LogP) is 2.56. The van der Waals surface area contributed by atoms with Gasteiger partial charge in [-0.1, -0.05) is 32.0 Å². The third-order valence-electron chi connectivity index (χ3n) is 3.45. The molecule has 0 aromatic heterocycles. The average Bonchev–Trinajstić information content (AvgIpc) is 2.38. The van der Waals surface area contributed by atoms with Crippen LogP contribution in [0.15, 0.2) is 24.3 Å². The van der Waals surface area contributed by atoms with E-state index in [2.05, 4.69) is 4.72 Å². The van der Waals surface area contributed by atoms with Gasteiger partial charge < -0.3 is 0 Å². The molecule has 0 aliphatic heterocycles. The molecule has 0 unspecified atom stereocenters. The quantitative estimate of drug-likeness (QED) is 0.870. The van der Waals surface area contributed by atoms with Gasteiger partial charge in [0.25, 0.3) is 0 Å². The average molecular weight is 280 g/mol. The van der Waals surface area contributed by atoms with Crippen molar-refractivity contribution in [2.75, 3.05) is 0 Å². The van der Waals surface area contributed by atoms with E-state index in [0.29, 0.717) is 11.1 Å². The second kappa shape index (κ2) is 6.18. The van der Waals surface area contributed by atoms with Crippen LogP contribution in [-0.4, -0.2) is 14.0 Å². The molecule has 0 radical (unpaired) electrons. The number of nitrogens with one attached hydrogen (secondary N) is 1. The van der Waals surface area contributed by atoms with Gasteiger partial charge >= 0.3 is 0 Å². The van der Waals surface area contributed by atoms with Crippen molar-refractivity contribution in [1.82, 2.24) is 4.72 Å². The Morgan fingerprint density at radius 1 is 1.26 bits per heavy atom. The smallest absolute Gasteiger partial charge is 0.212 e. The summed E-state index contributed by atoms with van der Waals surface area (Å²) in [5, 5.41) is 8.97. The molecule has 0 spiro atoms. The minimum Gasteiger partial charge on any atom is -0.212 e. The number of benzene rings is 1. The summed E-state index contributed by atoms with van der Waals surface area (Å²) in [6.45, 7) is 5.80. The lowest BCUT2D eigenvalue weighted by Crippen LogP contribution is -2.45. The molecular formula is C14H20N2O2S. The Hall–Kier alpha value is -1.38. The van der Waals surface area contributed by atoms with Gasteiger partial charge in [-0.3, -0.25) is 0 Å². The van der Waals surface area contributed by atoms with Crippen molar-refractivity contribution in [3.63, 3.8) is 0 Å². The van der Waals surface area contributed by atoms with E-state index in [0.717, 1.165) is 12.8 Å². The number of hydrogen-bond donors (Lipinski definition) is 1. The van der Waals surface area contributed by atoms with Gasteiger partial charge in [-0.25, -0.2) is 13.1 Å². The highest BCUT2D eigenvalue weighted by molar-refractivity contribution is 7.88. The van der Waals surface area contributed by atoms with E-state index in [4.69, 9.17) is 5.26 Å². The predicted molar refractivity (Wildman–Crippen MR) is 75.9 cm³/mol. The molecule has 0 saturated heterocycles. The van der Waals surface area contributed by atoms with Crippen LogP contribution in [0.3, 0.4) is 0 Å². The van der Waals surface area contributed by atoms with Crippen LogP contribution < -0.4 is 4.72 Å². The summed E-state index contributed by atoms with van der Waals surface area (Å²) in [6, 6.07) is 8.79. The van der Waals surface area contributed by atoms with Crippen LogP contribution in [0.5, 0.6) is 0 Å². The first-order valence-electron chi connectivity index (χ1n) is 6.35. The summed E-state index contributed by atoms with van der Waals surface area (Å²) in [5.74, 6) is -0.160. The zero-order valence-corrected chi connectivity index (χ0v) is 12.4. The minimum absolute atomic E-state index is 0.160. The maximum Gasteiger partial charge on any atom is 0.216 e. The van der Waals surface area contributed by atoms with E-state index in [-0.39, 0.29) is 5.75 Å². The molecule has 0 bridgehead atoms. The molecule has 1 aromatic carbocycles. The Morgan fingerprint density at radius 2 is 1.84 bits per heavy atom. The fraction of sp³-hybridized carbons (Fsp3) is 0.500. The largest absolute Gasteiger partial charge is 0.216 e. The molecule has 0 fully saturated rings. The van der Waals surface area contributed by atoms with Crippen molar-refractivity contribution >= 4 is 10.0 Å². The highest BCUT2D eigenvalue weighted by Gasteiger charge is 2.26. The van der Waals surface area contributed by atoms with Crippen LogP contribution in [0.4, 0.5) is 0 Å². The van der Waals surface area contributed by atoms with Crippen LogP contribution in [0.1, 0.15) is 44.7 Å². The zero-order valence-electron chi connectivity index (χ0n) is 11.6. The molecule has 0 amide bonds. The lowest BCUT2D eigenvalue weighted by molar-refractivity contribution is 0.388. The number of nitrogens with zero attached hydrogens (tertiary/aromatic N) is 1. The van der Waals surface area contributed by atoms with Crippen molar-refractivity contribution in [1.29, 1.82) is 5.26 Å². The second-order valence-electron chi connectivity index (χ2n) is 4.90. The van der Waals surface area contributed by atoms with Crippen molar-refractivity contribution in [3.8, 4) is 6.07 Å². The Kier molecular flexibility index (Phi) is 5.10. The van der Waals surface area contributed by atoms with Crippen LogP contribution in [-0.2, 0) is 15.8 Å². The molecule has 1 rings (SSSR count). The molecule has 0 aliphatic carbocycles. The van der Waals surface area contributed by atoms with E-state index >= 15 is 0 Å². The van der Waals surface area contributed by atoms with Gasteiger partial charge in [0.1, 0.15) is 0 Å². The van der Waals surface area contributed by atoms with Gasteiger partial charge in [0.15, 0.2) is 0 Å². The third-order valence-corrected chi connectivity index (χ3v) is 4.94. The molecule has 104 valence electrons. The number of hydrogen-bond acceptors (Lipinski definition) is 3. The lowest BCUT2D eigenvalue weighted by atomic mass is 9.98. The summed E-state index contributed by atoms with van der Waals surface area (Å²) in [6.07, 6.45) is 1.45. The summed E-state index contributed by atoms with van der Waals surface area (Å²) in [7, 11) is -3.45. The molecule has 0 heterocycles. The minimum atomic E-state index is -3.45. The fourth-order valence-corrected chi connectivity index (χ4v) is 3.54. The second-order valence-corrected chi connectivity index (χ2v) is 6.62. The highest BCUT2D eigenvalue weighted by atomic mass is 32.2. The molecule has 0 aliphatic rings. The van der Waals surface area contributed by atoms with E-state index in [9.17, 15) is 8.42 Å². The first kappa shape index (κ1) is 15.7. The summed E-state index contributed by atoms with van der Waals surface area (Å²) < 4.78 is 27.1. The number of nitriles is 1. The summed E-state index contributed by atoms with van der Waals surface area (Å²) in [4.78, 5) is 0. The molecule has 19 heavy (non-hydrogen) atoms. The van der Waals surface area contributed by atoms with Gasteiger partial charge in [0, 0.05) is 5.54 Å². The van der Waals surface area contributed by atoms with Crippen molar-refractivity contribution in [2.45, 2.75) is 44.9 Å². The lowest BCUT2D eigenvalue weighted by Gasteiger charge is -2.27. The topological polar surface area (TPSA) is 70.0 Å². The molecule has 1 aromatic rings. The third kappa shape index (κ3) is 4.34. The Labute approximate surface area is 115 Å². The molecule has 0 atom stereocenters. The zero-order chi connectivity index (χ0) is 14.5. The van der Waals surface area contributed by atoms with Crippen LogP contribution in [0.2, 0.25) is 0 Å². The monoisotopic (exact) mass is 280 g/mol. The molecule has 1 N–H and O–H groups in total. The van der Waals surface area contributed by atoms with Gasteiger partial charge in [-0.15, -0.1) is 0 Å². The molecule has 5 heteroatoms. The molecule has 0 saturated carbocycles. The van der Waals surface area contributed by atoms with Gasteiger partial charge in [0.2, 0.25) is 10.0 Å². The van der Waals surface area contributed by atoms with E-state index in [1.54, 1.807) is 24.3 Å². The summed E-state index contributed by atoms with van der Waals surface area (Å²) >= 11 is 0. The van der Waals surface area contributed by atoms with Gasteiger partial charge in [0.05, 0.1) is 17.4 Å². The van der Waals surface area contributed by atoms with Crippen molar-refractivity contribution in [3.05, 3.63) is 35.4 Å². The van der Waals surface area contributed by atoms with Crippen LogP contribution in [0, 0.1) is 11.3 Å².